The number of rotatable bonds is 4. The number of carbonyl (C=O) groups excluding carboxylic acids is 1. The highest BCUT2D eigenvalue weighted by molar-refractivity contribution is 7.98. The van der Waals surface area contributed by atoms with Crippen molar-refractivity contribution in [3.63, 3.8) is 0 Å². The van der Waals surface area contributed by atoms with Gasteiger partial charge in [-0.2, -0.15) is 0 Å². The Morgan fingerprint density at radius 1 is 1.12 bits per heavy atom. The zero-order valence-corrected chi connectivity index (χ0v) is 15.1. The topological polar surface area (TPSA) is 86.9 Å². The third-order valence-corrected chi connectivity index (χ3v) is 5.19. The molecule has 1 heterocycles. The first-order chi connectivity index (χ1) is 12.5. The van der Waals surface area contributed by atoms with Crippen molar-refractivity contribution in [2.24, 2.45) is 0 Å². The van der Waals surface area contributed by atoms with Crippen LogP contribution in [0.4, 0.5) is 11.4 Å². The van der Waals surface area contributed by atoms with Crippen molar-refractivity contribution < 1.29 is 14.8 Å². The number of phenolic OH excluding ortho intramolecular Hbond substituents is 1. The van der Waals surface area contributed by atoms with Gasteiger partial charge in [-0.1, -0.05) is 0 Å². The normalized spacial score (nSPS) is 14.3. The number of hydrogen-bond acceptors (Lipinski definition) is 6. The number of carbonyl (C=O) groups is 1. The summed E-state index contributed by atoms with van der Waals surface area (Å²) in [6.07, 6.45) is 1.77. The van der Waals surface area contributed by atoms with Gasteiger partial charge < -0.3 is 14.9 Å². The highest BCUT2D eigenvalue weighted by Gasteiger charge is 2.24. The van der Waals surface area contributed by atoms with Gasteiger partial charge in [-0.3, -0.25) is 14.9 Å². The summed E-state index contributed by atoms with van der Waals surface area (Å²) >= 11 is 1.29. The summed E-state index contributed by atoms with van der Waals surface area (Å²) in [6.45, 7) is 2.42. The van der Waals surface area contributed by atoms with Gasteiger partial charge in [0.2, 0.25) is 0 Å². The second kappa shape index (κ2) is 7.65. The van der Waals surface area contributed by atoms with E-state index in [1.165, 1.54) is 17.8 Å². The van der Waals surface area contributed by atoms with Crippen molar-refractivity contribution >= 4 is 29.0 Å². The molecule has 2 aromatic rings. The van der Waals surface area contributed by atoms with Gasteiger partial charge in [-0.05, 0) is 42.7 Å². The van der Waals surface area contributed by atoms with E-state index in [0.29, 0.717) is 36.6 Å². The molecule has 0 spiro atoms. The second-order valence-corrected chi connectivity index (χ2v) is 6.79. The average Bonchev–Trinajstić information content (AvgIpc) is 2.67. The third kappa shape index (κ3) is 3.75. The van der Waals surface area contributed by atoms with Crippen molar-refractivity contribution in [1.82, 2.24) is 4.90 Å². The maximum absolute atomic E-state index is 12.7. The van der Waals surface area contributed by atoms with Crippen molar-refractivity contribution in [1.29, 1.82) is 0 Å². The van der Waals surface area contributed by atoms with Gasteiger partial charge in [-0.25, -0.2) is 0 Å². The molecule has 1 N–H and O–H groups in total. The van der Waals surface area contributed by atoms with Crippen LogP contribution in [0.1, 0.15) is 10.4 Å². The van der Waals surface area contributed by atoms with E-state index in [1.54, 1.807) is 35.4 Å². The van der Waals surface area contributed by atoms with Crippen molar-refractivity contribution in [2.45, 2.75) is 4.90 Å². The maximum atomic E-state index is 12.7. The van der Waals surface area contributed by atoms with Crippen LogP contribution in [0, 0.1) is 10.1 Å². The second-order valence-electron chi connectivity index (χ2n) is 5.94. The van der Waals surface area contributed by atoms with Crippen LogP contribution in [0.3, 0.4) is 0 Å². The summed E-state index contributed by atoms with van der Waals surface area (Å²) in [4.78, 5) is 27.9. The Hall–Kier alpha value is -2.74. The number of amides is 1. The van der Waals surface area contributed by atoms with Crippen LogP contribution in [0.2, 0.25) is 0 Å². The molecule has 26 heavy (non-hydrogen) atoms. The monoisotopic (exact) mass is 373 g/mol. The van der Waals surface area contributed by atoms with E-state index in [9.17, 15) is 20.0 Å². The lowest BCUT2D eigenvalue weighted by molar-refractivity contribution is -0.387. The van der Waals surface area contributed by atoms with Gasteiger partial charge >= 0.3 is 0 Å². The van der Waals surface area contributed by atoms with Gasteiger partial charge in [0.25, 0.3) is 11.6 Å². The molecule has 1 aliphatic rings. The first-order valence-corrected chi connectivity index (χ1v) is 9.38. The van der Waals surface area contributed by atoms with E-state index < -0.39 is 4.92 Å². The summed E-state index contributed by atoms with van der Waals surface area (Å²) in [5, 5.41) is 20.6. The summed E-state index contributed by atoms with van der Waals surface area (Å²) < 4.78 is 0. The number of nitro benzene ring substituents is 1. The molecule has 0 bridgehead atoms. The Morgan fingerprint density at radius 3 is 2.35 bits per heavy atom. The van der Waals surface area contributed by atoms with Crippen molar-refractivity contribution in [2.75, 3.05) is 37.3 Å². The van der Waals surface area contributed by atoms with Crippen molar-refractivity contribution in [3.8, 4) is 5.75 Å². The number of hydrogen-bond donors (Lipinski definition) is 1. The molecule has 1 fully saturated rings. The highest BCUT2D eigenvalue weighted by atomic mass is 32.2. The lowest BCUT2D eigenvalue weighted by Gasteiger charge is -2.36. The summed E-state index contributed by atoms with van der Waals surface area (Å²) in [5.41, 5.74) is 1.30. The predicted octanol–water partition coefficient (Wildman–Crippen LogP) is 2.98. The number of aromatic hydroxyl groups is 1. The maximum Gasteiger partial charge on any atom is 0.283 e. The Kier molecular flexibility index (Phi) is 5.32. The Morgan fingerprint density at radius 2 is 1.77 bits per heavy atom. The summed E-state index contributed by atoms with van der Waals surface area (Å²) in [5.74, 6) is 0.0314. The fourth-order valence-electron chi connectivity index (χ4n) is 2.98. The van der Waals surface area contributed by atoms with Gasteiger partial charge in [-0.15, -0.1) is 11.8 Å². The van der Waals surface area contributed by atoms with Gasteiger partial charge in [0.05, 0.1) is 9.82 Å². The third-order valence-electron chi connectivity index (χ3n) is 4.40. The number of phenols is 1. The average molecular weight is 373 g/mol. The van der Waals surface area contributed by atoms with Gasteiger partial charge in [0.1, 0.15) is 5.75 Å². The zero-order valence-electron chi connectivity index (χ0n) is 14.3. The largest absolute Gasteiger partial charge is 0.508 e. The van der Waals surface area contributed by atoms with E-state index >= 15 is 0 Å². The molecule has 136 valence electrons. The molecule has 0 radical (unpaired) electrons. The molecule has 0 aromatic heterocycles. The minimum absolute atomic E-state index is 0.0360. The van der Waals surface area contributed by atoms with Crippen LogP contribution in [0.15, 0.2) is 47.4 Å². The number of piperazine rings is 1. The Labute approximate surface area is 155 Å². The van der Waals surface area contributed by atoms with E-state index in [-0.39, 0.29) is 17.3 Å². The fourth-order valence-corrected chi connectivity index (χ4v) is 3.53. The molecule has 0 atom stereocenters. The SMILES string of the molecule is CSc1ccc(C(=O)N2CCN(c3ccc(O)cc3)CC2)cc1[N+](=O)[O-]. The predicted molar refractivity (Wildman–Crippen MR) is 101 cm³/mol. The molecule has 2 aromatic carbocycles. The van der Waals surface area contributed by atoms with E-state index in [4.69, 9.17) is 0 Å². The standard InChI is InChI=1S/C18H19N3O4S/c1-26-17-7-2-13(12-16(17)21(24)25)18(23)20-10-8-19(9-11-20)14-3-5-15(22)6-4-14/h2-7,12,22H,8-11H2,1H3. The lowest BCUT2D eigenvalue weighted by Crippen LogP contribution is -2.48. The van der Waals surface area contributed by atoms with E-state index in [1.807, 2.05) is 12.1 Å². The summed E-state index contributed by atoms with van der Waals surface area (Å²) in [6, 6.07) is 11.6. The first kappa shape index (κ1) is 18.1. The van der Waals surface area contributed by atoms with Crippen LogP contribution < -0.4 is 4.90 Å². The number of nitro groups is 1. The molecule has 0 unspecified atom stereocenters. The van der Waals surface area contributed by atoms with Gasteiger partial charge in [0.15, 0.2) is 0 Å². The molecule has 3 rings (SSSR count). The van der Waals surface area contributed by atoms with Crippen LogP contribution in [-0.2, 0) is 0 Å². The number of nitrogens with zero attached hydrogens (tertiary/aromatic N) is 3. The summed E-state index contributed by atoms with van der Waals surface area (Å²) in [7, 11) is 0. The van der Waals surface area contributed by atoms with Crippen LogP contribution >= 0.6 is 11.8 Å². The van der Waals surface area contributed by atoms with Crippen LogP contribution in [-0.4, -0.2) is 53.3 Å². The lowest BCUT2D eigenvalue weighted by atomic mass is 10.1. The minimum Gasteiger partial charge on any atom is -0.508 e. The number of benzene rings is 2. The molecule has 0 saturated carbocycles. The Bertz CT molecular complexity index is 818. The van der Waals surface area contributed by atoms with Crippen LogP contribution in [0.5, 0.6) is 5.75 Å². The molecule has 0 aliphatic carbocycles. The van der Waals surface area contributed by atoms with E-state index in [2.05, 4.69) is 4.90 Å². The molecule has 8 heteroatoms. The molecular formula is C18H19N3O4S. The van der Waals surface area contributed by atoms with Crippen LogP contribution in [0.25, 0.3) is 0 Å². The molecule has 1 saturated heterocycles. The molecule has 1 amide bonds. The fraction of sp³-hybridized carbons (Fsp3) is 0.278. The molecule has 1 aliphatic heterocycles. The first-order valence-electron chi connectivity index (χ1n) is 8.15. The number of thioether (sulfide) groups is 1. The van der Waals surface area contributed by atoms with Crippen molar-refractivity contribution in [3.05, 3.63) is 58.1 Å². The number of anilines is 1. The van der Waals surface area contributed by atoms with Gasteiger partial charge in [0, 0.05) is 43.5 Å². The Balaban J connectivity index is 1.69. The highest BCUT2D eigenvalue weighted by Crippen LogP contribution is 2.29. The zero-order chi connectivity index (χ0) is 18.7. The van der Waals surface area contributed by atoms with E-state index in [0.717, 1.165) is 5.69 Å². The molecule has 7 nitrogen and oxygen atoms in total. The molecular weight excluding hydrogens is 354 g/mol. The minimum atomic E-state index is -0.453. The quantitative estimate of drug-likeness (QED) is 0.504. The smallest absolute Gasteiger partial charge is 0.283 e.